The average molecular weight is 610 g/mol. The van der Waals surface area contributed by atoms with Gasteiger partial charge >= 0.3 is 41.8 Å². The van der Waals surface area contributed by atoms with E-state index in [-0.39, 0.29) is 0 Å². The van der Waals surface area contributed by atoms with E-state index < -0.39 is 90.8 Å². The number of carbonyl (C=O) groups is 1. The van der Waals surface area contributed by atoms with E-state index in [0.717, 1.165) is 31.4 Å². The number of hydrogen-bond acceptors (Lipinski definition) is 2. The van der Waals surface area contributed by atoms with Gasteiger partial charge in [-0.25, -0.2) is 4.39 Å². The zero-order chi connectivity index (χ0) is 30.9. The fourth-order valence-electron chi connectivity index (χ4n) is 4.28. The standard InChI is InChI=1S/C24H24F14O2/c1-2-3-4-5-13-6-11-17(16(25)12-13)40-18(39)14-7-9-15(10-8-14)19(26,27)20(28,29)21(30,31)22(32,33)23(34,35)24(36,37)38/h6,11-12,14-15H,2-5,7-10H2,1H3/t14-,15-. The van der Waals surface area contributed by atoms with E-state index >= 15 is 0 Å². The summed E-state index contributed by atoms with van der Waals surface area (Å²) < 4.78 is 193. The Hall–Kier alpha value is -2.29. The van der Waals surface area contributed by atoms with Gasteiger partial charge in [-0.2, -0.15) is 57.1 Å². The van der Waals surface area contributed by atoms with Crippen molar-refractivity contribution in [3.63, 3.8) is 0 Å². The Bertz CT molecular complexity index is 1030. The van der Waals surface area contributed by atoms with E-state index in [4.69, 9.17) is 4.74 Å². The molecule has 0 aliphatic heterocycles. The molecule has 1 saturated carbocycles. The van der Waals surface area contributed by atoms with Crippen LogP contribution in [0.5, 0.6) is 5.75 Å². The second-order valence-electron chi connectivity index (χ2n) is 9.61. The zero-order valence-corrected chi connectivity index (χ0v) is 20.7. The Morgan fingerprint density at radius 3 is 1.77 bits per heavy atom. The molecule has 1 aromatic rings. The largest absolute Gasteiger partial charge is 0.460 e. The lowest BCUT2D eigenvalue weighted by Crippen LogP contribution is -2.71. The number of esters is 1. The maximum Gasteiger partial charge on any atom is 0.460 e. The van der Waals surface area contributed by atoms with Gasteiger partial charge in [0.2, 0.25) is 0 Å². The molecule has 0 saturated heterocycles. The predicted molar refractivity (Wildman–Crippen MR) is 112 cm³/mol. The highest BCUT2D eigenvalue weighted by atomic mass is 19.4. The Balaban J connectivity index is 2.13. The number of hydrogen-bond donors (Lipinski definition) is 0. The van der Waals surface area contributed by atoms with Gasteiger partial charge < -0.3 is 4.74 Å². The second kappa shape index (κ2) is 11.5. The lowest BCUT2D eigenvalue weighted by molar-refractivity contribution is -0.443. The van der Waals surface area contributed by atoms with Crippen LogP contribution >= 0.6 is 0 Å². The van der Waals surface area contributed by atoms with Crippen LogP contribution in [0.25, 0.3) is 0 Å². The van der Waals surface area contributed by atoms with Crippen molar-refractivity contribution in [3.05, 3.63) is 29.6 Å². The first-order valence-corrected chi connectivity index (χ1v) is 12.0. The van der Waals surface area contributed by atoms with E-state index in [1.165, 1.54) is 6.07 Å². The quantitative estimate of drug-likeness (QED) is 0.108. The summed E-state index contributed by atoms with van der Waals surface area (Å²) >= 11 is 0. The van der Waals surface area contributed by atoms with Crippen molar-refractivity contribution in [2.24, 2.45) is 11.8 Å². The van der Waals surface area contributed by atoms with Crippen LogP contribution in [-0.4, -0.2) is 41.8 Å². The van der Waals surface area contributed by atoms with Crippen LogP contribution in [0.4, 0.5) is 61.5 Å². The van der Waals surface area contributed by atoms with Gasteiger partial charge in [-0.15, -0.1) is 0 Å². The minimum absolute atomic E-state index is 0.528. The molecule has 0 radical (unpaired) electrons. The van der Waals surface area contributed by atoms with Crippen LogP contribution in [0.2, 0.25) is 0 Å². The molecule has 0 unspecified atom stereocenters. The molecule has 40 heavy (non-hydrogen) atoms. The molecule has 0 amide bonds. The number of ether oxygens (including phenoxy) is 1. The summed E-state index contributed by atoms with van der Waals surface area (Å²) in [6.45, 7) is 1.96. The first-order valence-electron chi connectivity index (χ1n) is 12.0. The molecule has 0 aromatic heterocycles. The molecular weight excluding hydrogens is 586 g/mol. The number of aryl methyl sites for hydroxylation is 1. The number of benzene rings is 1. The minimum Gasteiger partial charge on any atom is -0.423 e. The van der Waals surface area contributed by atoms with Crippen molar-refractivity contribution in [3.8, 4) is 5.75 Å². The molecule has 16 heteroatoms. The normalized spacial score (nSPS) is 20.0. The monoisotopic (exact) mass is 610 g/mol. The van der Waals surface area contributed by atoms with E-state index in [2.05, 4.69) is 0 Å². The van der Waals surface area contributed by atoms with Crippen LogP contribution in [0.15, 0.2) is 18.2 Å². The molecule has 0 heterocycles. The van der Waals surface area contributed by atoms with Crippen LogP contribution in [0.1, 0.15) is 57.4 Å². The summed E-state index contributed by atoms with van der Waals surface area (Å²) in [5.41, 5.74) is 0.588. The van der Waals surface area contributed by atoms with E-state index in [1.54, 1.807) is 0 Å². The molecule has 0 atom stereocenters. The van der Waals surface area contributed by atoms with Crippen molar-refractivity contribution < 1.29 is 71.0 Å². The summed E-state index contributed by atoms with van der Waals surface area (Å²) in [4.78, 5) is 12.3. The fourth-order valence-corrected chi connectivity index (χ4v) is 4.28. The third-order valence-electron chi connectivity index (χ3n) is 6.81. The van der Waals surface area contributed by atoms with Gasteiger partial charge in [0.1, 0.15) is 0 Å². The molecule has 1 aliphatic carbocycles. The first kappa shape index (κ1) is 33.9. The Morgan fingerprint density at radius 1 is 0.775 bits per heavy atom. The maximum absolute atomic E-state index is 14.4. The van der Waals surface area contributed by atoms with Gasteiger partial charge in [0.15, 0.2) is 11.6 Å². The number of unbranched alkanes of at least 4 members (excludes halogenated alkanes) is 2. The minimum atomic E-state index is -7.96. The molecule has 230 valence electrons. The summed E-state index contributed by atoms with van der Waals surface area (Å²) in [7, 11) is 0. The highest BCUT2D eigenvalue weighted by Gasteiger charge is 2.91. The van der Waals surface area contributed by atoms with Crippen LogP contribution < -0.4 is 4.74 Å². The van der Waals surface area contributed by atoms with Crippen molar-refractivity contribution in [2.45, 2.75) is 94.1 Å². The van der Waals surface area contributed by atoms with Crippen molar-refractivity contribution in [1.82, 2.24) is 0 Å². The van der Waals surface area contributed by atoms with Gasteiger partial charge in [-0.3, -0.25) is 4.79 Å². The summed E-state index contributed by atoms with van der Waals surface area (Å²) in [6, 6.07) is 3.67. The highest BCUT2D eigenvalue weighted by molar-refractivity contribution is 5.75. The van der Waals surface area contributed by atoms with Crippen LogP contribution in [0, 0.1) is 17.7 Å². The van der Waals surface area contributed by atoms with Gasteiger partial charge in [0, 0.05) is 5.92 Å². The number of alkyl halides is 13. The number of carbonyl (C=O) groups excluding carboxylic acids is 1. The molecular formula is C24H24F14O2. The van der Waals surface area contributed by atoms with Crippen molar-refractivity contribution in [2.75, 3.05) is 0 Å². The summed E-state index contributed by atoms with van der Waals surface area (Å²) in [5, 5.41) is 0. The third kappa shape index (κ3) is 6.00. The molecule has 2 nitrogen and oxygen atoms in total. The number of halogens is 14. The molecule has 1 aromatic carbocycles. The fraction of sp³-hybridized carbons (Fsp3) is 0.708. The van der Waals surface area contributed by atoms with E-state index in [0.29, 0.717) is 12.0 Å². The SMILES string of the molecule is CCCCCc1ccc(OC(=O)[C@H]2CC[C@H](C(F)(F)C(F)(F)C(F)(F)C(F)(F)C(F)(F)C(F)(F)F)CC2)c(F)c1. The first-order chi connectivity index (χ1) is 18.1. The van der Waals surface area contributed by atoms with Gasteiger partial charge in [-0.1, -0.05) is 25.8 Å². The maximum atomic E-state index is 14.4. The smallest absolute Gasteiger partial charge is 0.423 e. The van der Waals surface area contributed by atoms with E-state index in [9.17, 15) is 66.3 Å². The molecule has 1 fully saturated rings. The summed E-state index contributed by atoms with van der Waals surface area (Å²) in [5.74, 6) is -44.1. The zero-order valence-electron chi connectivity index (χ0n) is 20.7. The molecule has 1 aliphatic rings. The Morgan fingerprint density at radius 2 is 1.30 bits per heavy atom. The average Bonchev–Trinajstić information content (AvgIpc) is 2.84. The Kier molecular flexibility index (Phi) is 9.78. The lowest BCUT2D eigenvalue weighted by Gasteiger charge is -2.43. The lowest BCUT2D eigenvalue weighted by atomic mass is 9.75. The molecule has 0 spiro atoms. The second-order valence-corrected chi connectivity index (χ2v) is 9.61. The molecule has 2 rings (SSSR count). The predicted octanol–water partition coefficient (Wildman–Crippen LogP) is 9.01. The Labute approximate surface area is 219 Å². The van der Waals surface area contributed by atoms with Crippen molar-refractivity contribution in [1.29, 1.82) is 0 Å². The van der Waals surface area contributed by atoms with E-state index in [1.807, 2.05) is 6.92 Å². The van der Waals surface area contributed by atoms with Gasteiger partial charge in [0.25, 0.3) is 0 Å². The van der Waals surface area contributed by atoms with Gasteiger partial charge in [0.05, 0.1) is 5.92 Å². The third-order valence-corrected chi connectivity index (χ3v) is 6.81. The summed E-state index contributed by atoms with van der Waals surface area (Å²) in [6.07, 6.45) is -8.38. The topological polar surface area (TPSA) is 26.3 Å². The highest BCUT2D eigenvalue weighted by Crippen LogP contribution is 2.62. The molecule has 0 bridgehead atoms. The van der Waals surface area contributed by atoms with Crippen LogP contribution in [-0.2, 0) is 11.2 Å². The van der Waals surface area contributed by atoms with Crippen molar-refractivity contribution >= 4 is 5.97 Å². The molecule has 0 N–H and O–H groups in total. The number of rotatable bonds is 11. The van der Waals surface area contributed by atoms with Gasteiger partial charge in [-0.05, 0) is 56.2 Å². The van der Waals surface area contributed by atoms with Crippen LogP contribution in [0.3, 0.4) is 0 Å².